The lowest BCUT2D eigenvalue weighted by atomic mass is 9.83. The molecule has 0 bridgehead atoms. The number of hydrogen-bond acceptors (Lipinski definition) is 2. The quantitative estimate of drug-likeness (QED) is 0.425. The van der Waals surface area contributed by atoms with E-state index in [0.29, 0.717) is 5.57 Å². The van der Waals surface area contributed by atoms with Crippen LogP contribution in [0.5, 0.6) is 0 Å². The predicted molar refractivity (Wildman–Crippen MR) is 43.3 cm³/mol. The van der Waals surface area contributed by atoms with Crippen LogP contribution < -0.4 is 0 Å². The maximum atomic E-state index is 11.1. The SMILES string of the molecule is CC1=CC(=O)/C(=C\O)C1(C)C. The molecule has 0 aromatic carbocycles. The number of carbonyl (C=O) groups excluding carboxylic acids is 1. The maximum Gasteiger partial charge on any atom is 0.185 e. The number of aliphatic hydroxyl groups excluding tert-OH is 1. The topological polar surface area (TPSA) is 37.3 Å². The minimum atomic E-state index is -0.286. The van der Waals surface area contributed by atoms with Crippen LogP contribution in [-0.2, 0) is 4.79 Å². The number of rotatable bonds is 0. The van der Waals surface area contributed by atoms with Gasteiger partial charge < -0.3 is 5.11 Å². The molecule has 0 aromatic rings. The highest BCUT2D eigenvalue weighted by Crippen LogP contribution is 2.39. The van der Waals surface area contributed by atoms with Gasteiger partial charge in [0, 0.05) is 11.0 Å². The number of aliphatic hydroxyl groups is 1. The Morgan fingerprint density at radius 2 is 2.09 bits per heavy atom. The van der Waals surface area contributed by atoms with E-state index in [0.717, 1.165) is 11.8 Å². The van der Waals surface area contributed by atoms with E-state index in [2.05, 4.69) is 0 Å². The second-order valence-electron chi connectivity index (χ2n) is 3.36. The van der Waals surface area contributed by atoms with Crippen LogP contribution in [0.4, 0.5) is 0 Å². The molecule has 0 saturated carbocycles. The number of hydrogen-bond donors (Lipinski definition) is 1. The summed E-state index contributed by atoms with van der Waals surface area (Å²) in [5.74, 6) is -0.0741. The molecular formula is C9H12O2. The third kappa shape index (κ3) is 0.985. The fourth-order valence-corrected chi connectivity index (χ4v) is 1.20. The molecule has 2 heteroatoms. The highest BCUT2D eigenvalue weighted by molar-refractivity contribution is 6.08. The zero-order chi connectivity index (χ0) is 8.65. The molecule has 0 unspecified atom stereocenters. The first kappa shape index (κ1) is 8.05. The summed E-state index contributed by atoms with van der Waals surface area (Å²) in [5.41, 5.74) is 1.20. The van der Waals surface area contributed by atoms with Gasteiger partial charge in [0.1, 0.15) is 0 Å². The predicted octanol–water partition coefficient (Wildman–Crippen LogP) is 1.98. The van der Waals surface area contributed by atoms with E-state index in [1.807, 2.05) is 20.8 Å². The van der Waals surface area contributed by atoms with Crippen molar-refractivity contribution in [2.75, 3.05) is 0 Å². The fourth-order valence-electron chi connectivity index (χ4n) is 1.20. The van der Waals surface area contributed by atoms with Crippen molar-refractivity contribution in [2.24, 2.45) is 5.41 Å². The lowest BCUT2D eigenvalue weighted by Crippen LogP contribution is -2.14. The monoisotopic (exact) mass is 152 g/mol. The molecule has 60 valence electrons. The van der Waals surface area contributed by atoms with Gasteiger partial charge in [0.05, 0.1) is 6.26 Å². The Labute approximate surface area is 66.2 Å². The van der Waals surface area contributed by atoms with E-state index < -0.39 is 0 Å². The van der Waals surface area contributed by atoms with Gasteiger partial charge in [0.25, 0.3) is 0 Å². The van der Waals surface area contributed by atoms with Gasteiger partial charge in [0.2, 0.25) is 0 Å². The highest BCUT2D eigenvalue weighted by Gasteiger charge is 2.35. The van der Waals surface area contributed by atoms with Crippen LogP contribution in [0, 0.1) is 5.41 Å². The largest absolute Gasteiger partial charge is 0.515 e. The molecule has 0 fully saturated rings. The molecule has 0 radical (unpaired) electrons. The smallest absolute Gasteiger partial charge is 0.185 e. The first-order valence-corrected chi connectivity index (χ1v) is 3.58. The summed E-state index contributed by atoms with van der Waals surface area (Å²) >= 11 is 0. The molecule has 0 heterocycles. The Kier molecular flexibility index (Phi) is 1.63. The van der Waals surface area contributed by atoms with E-state index in [9.17, 15) is 4.79 Å². The number of carbonyl (C=O) groups is 1. The Bertz CT molecular complexity index is 257. The molecule has 2 nitrogen and oxygen atoms in total. The molecule has 1 aliphatic carbocycles. The summed E-state index contributed by atoms with van der Waals surface area (Å²) in [5, 5.41) is 8.77. The van der Waals surface area contributed by atoms with Crippen LogP contribution in [-0.4, -0.2) is 10.9 Å². The van der Waals surface area contributed by atoms with Gasteiger partial charge in [-0.3, -0.25) is 4.79 Å². The Hall–Kier alpha value is -1.05. The van der Waals surface area contributed by atoms with Crippen LogP contribution in [0.2, 0.25) is 0 Å². The molecule has 1 aliphatic rings. The van der Waals surface area contributed by atoms with Crippen molar-refractivity contribution >= 4 is 5.78 Å². The third-order valence-corrected chi connectivity index (χ3v) is 2.40. The summed E-state index contributed by atoms with van der Waals surface area (Å²) in [7, 11) is 0. The van der Waals surface area contributed by atoms with Crippen molar-refractivity contribution in [1.82, 2.24) is 0 Å². The summed E-state index contributed by atoms with van der Waals surface area (Å²) in [4.78, 5) is 11.1. The summed E-state index contributed by atoms with van der Waals surface area (Å²) in [6.07, 6.45) is 2.48. The van der Waals surface area contributed by atoms with Gasteiger partial charge in [0.15, 0.2) is 5.78 Å². The van der Waals surface area contributed by atoms with Crippen molar-refractivity contribution in [3.63, 3.8) is 0 Å². The average molecular weight is 152 g/mol. The Morgan fingerprint density at radius 1 is 1.55 bits per heavy atom. The first-order chi connectivity index (χ1) is 5.00. The van der Waals surface area contributed by atoms with Crippen LogP contribution >= 0.6 is 0 Å². The van der Waals surface area contributed by atoms with Crippen molar-refractivity contribution in [3.8, 4) is 0 Å². The average Bonchev–Trinajstić information content (AvgIpc) is 2.04. The van der Waals surface area contributed by atoms with Crippen molar-refractivity contribution < 1.29 is 9.90 Å². The van der Waals surface area contributed by atoms with Crippen LogP contribution in [0.1, 0.15) is 20.8 Å². The van der Waals surface area contributed by atoms with Gasteiger partial charge in [-0.25, -0.2) is 0 Å². The van der Waals surface area contributed by atoms with Gasteiger partial charge in [-0.1, -0.05) is 19.4 Å². The normalized spacial score (nSPS) is 25.9. The van der Waals surface area contributed by atoms with Crippen LogP contribution in [0.3, 0.4) is 0 Å². The zero-order valence-corrected chi connectivity index (χ0v) is 7.01. The number of ketones is 1. The van der Waals surface area contributed by atoms with Gasteiger partial charge >= 0.3 is 0 Å². The Balaban J connectivity index is 3.17. The molecule has 1 rings (SSSR count). The van der Waals surface area contributed by atoms with Crippen molar-refractivity contribution in [2.45, 2.75) is 20.8 Å². The first-order valence-electron chi connectivity index (χ1n) is 3.58. The zero-order valence-electron chi connectivity index (χ0n) is 7.01. The molecule has 0 aliphatic heterocycles. The number of allylic oxidation sites excluding steroid dienone is 3. The van der Waals surface area contributed by atoms with Crippen molar-refractivity contribution in [1.29, 1.82) is 0 Å². The molecule has 0 amide bonds. The van der Waals surface area contributed by atoms with Gasteiger partial charge in [-0.2, -0.15) is 0 Å². The third-order valence-electron chi connectivity index (χ3n) is 2.40. The van der Waals surface area contributed by atoms with Gasteiger partial charge in [-0.15, -0.1) is 0 Å². The van der Waals surface area contributed by atoms with Crippen molar-refractivity contribution in [3.05, 3.63) is 23.5 Å². The minimum absolute atomic E-state index is 0.0741. The lowest BCUT2D eigenvalue weighted by molar-refractivity contribution is -0.111. The standard InChI is InChI=1S/C9H12O2/c1-6-4-8(11)7(5-10)9(6,2)3/h4-5,10H,1-3H3/b7-5+. The fraction of sp³-hybridized carbons (Fsp3) is 0.444. The van der Waals surface area contributed by atoms with Crippen LogP contribution in [0.15, 0.2) is 23.5 Å². The Morgan fingerprint density at radius 3 is 2.27 bits per heavy atom. The summed E-state index contributed by atoms with van der Waals surface area (Å²) in [6, 6.07) is 0. The minimum Gasteiger partial charge on any atom is -0.515 e. The molecule has 11 heavy (non-hydrogen) atoms. The summed E-state index contributed by atoms with van der Waals surface area (Å²) in [6.45, 7) is 5.74. The van der Waals surface area contributed by atoms with Gasteiger partial charge in [-0.05, 0) is 13.0 Å². The van der Waals surface area contributed by atoms with E-state index in [1.54, 1.807) is 6.08 Å². The van der Waals surface area contributed by atoms with E-state index in [4.69, 9.17) is 5.11 Å². The van der Waals surface area contributed by atoms with E-state index in [1.165, 1.54) is 0 Å². The van der Waals surface area contributed by atoms with E-state index in [-0.39, 0.29) is 11.2 Å². The van der Waals surface area contributed by atoms with Crippen LogP contribution in [0.25, 0.3) is 0 Å². The molecule has 0 saturated heterocycles. The second kappa shape index (κ2) is 2.22. The molecule has 0 spiro atoms. The molecule has 1 N–H and O–H groups in total. The highest BCUT2D eigenvalue weighted by atomic mass is 16.2. The lowest BCUT2D eigenvalue weighted by Gasteiger charge is -2.20. The molecular weight excluding hydrogens is 140 g/mol. The molecule has 0 atom stereocenters. The summed E-state index contributed by atoms with van der Waals surface area (Å²) < 4.78 is 0. The molecule has 0 aromatic heterocycles. The maximum absolute atomic E-state index is 11.1. The van der Waals surface area contributed by atoms with E-state index >= 15 is 0 Å². The second-order valence-corrected chi connectivity index (χ2v) is 3.36.